The van der Waals surface area contributed by atoms with Gasteiger partial charge in [-0.2, -0.15) is 0 Å². The molecule has 1 atom stereocenters. The Labute approximate surface area is 105 Å². The first-order chi connectivity index (χ1) is 8.11. The number of nitrogens with one attached hydrogen (secondary N) is 1. The summed E-state index contributed by atoms with van der Waals surface area (Å²) in [4.78, 5) is 10.5. The number of aliphatic hydroxyl groups excluding tert-OH is 1. The van der Waals surface area contributed by atoms with E-state index in [9.17, 15) is 9.90 Å². The highest BCUT2D eigenvalue weighted by atomic mass is 35.5. The summed E-state index contributed by atoms with van der Waals surface area (Å²) in [7, 11) is 0. The smallest absolute Gasteiger partial charge is 0.255 e. The van der Waals surface area contributed by atoms with Crippen LogP contribution in [0.2, 0.25) is 0 Å². The summed E-state index contributed by atoms with van der Waals surface area (Å²) in [6, 6.07) is 6.96. The van der Waals surface area contributed by atoms with Crippen LogP contribution in [0.5, 0.6) is 5.75 Å². The molecule has 0 aliphatic carbocycles. The molecule has 1 unspecified atom stereocenters. The first-order valence-electron chi connectivity index (χ1n) is 5.11. The third kappa shape index (κ3) is 5.42. The van der Waals surface area contributed by atoms with Crippen LogP contribution < -0.4 is 15.8 Å². The number of nitrogens with two attached hydrogens (primary N) is 1. The fourth-order valence-electron chi connectivity index (χ4n) is 1.11. The molecule has 0 saturated carbocycles. The Bertz CT molecular complexity index is 356. The second-order valence-corrected chi connectivity index (χ2v) is 3.78. The Morgan fingerprint density at radius 1 is 1.47 bits per heavy atom. The standard InChI is InChI=1S/C11H15ClN2O3/c12-5-9(15)6-14-8-1-3-10(4-2-8)17-7-11(13)16/h1-4,9,14-15H,5-7H2,(H2,13,16). The maximum absolute atomic E-state index is 10.5. The van der Waals surface area contributed by atoms with Gasteiger partial charge in [0.05, 0.1) is 12.0 Å². The molecule has 0 aliphatic heterocycles. The molecule has 17 heavy (non-hydrogen) atoms. The maximum atomic E-state index is 10.5. The van der Waals surface area contributed by atoms with E-state index in [1.165, 1.54) is 0 Å². The van der Waals surface area contributed by atoms with E-state index in [1.807, 2.05) is 0 Å². The van der Waals surface area contributed by atoms with Crippen molar-refractivity contribution in [2.24, 2.45) is 5.73 Å². The average Bonchev–Trinajstić information content (AvgIpc) is 2.34. The molecule has 0 bridgehead atoms. The number of amides is 1. The van der Waals surface area contributed by atoms with Crippen LogP contribution in [-0.4, -0.2) is 36.1 Å². The number of carbonyl (C=O) groups excluding carboxylic acids is 1. The third-order valence-corrected chi connectivity index (χ3v) is 2.31. The van der Waals surface area contributed by atoms with E-state index in [4.69, 9.17) is 22.1 Å². The van der Waals surface area contributed by atoms with Gasteiger partial charge in [-0.25, -0.2) is 0 Å². The molecule has 1 aromatic carbocycles. The van der Waals surface area contributed by atoms with Gasteiger partial charge in [-0.05, 0) is 24.3 Å². The van der Waals surface area contributed by atoms with E-state index in [0.717, 1.165) is 5.69 Å². The van der Waals surface area contributed by atoms with Gasteiger partial charge in [0.2, 0.25) is 0 Å². The number of primary amides is 1. The van der Waals surface area contributed by atoms with Crippen molar-refractivity contribution in [3.63, 3.8) is 0 Å². The van der Waals surface area contributed by atoms with Crippen LogP contribution in [-0.2, 0) is 4.79 Å². The van der Waals surface area contributed by atoms with Crippen molar-refractivity contribution in [1.82, 2.24) is 0 Å². The molecule has 0 saturated heterocycles. The second kappa shape index (κ2) is 6.98. The molecule has 1 aromatic rings. The van der Waals surface area contributed by atoms with Gasteiger partial charge in [0.1, 0.15) is 5.75 Å². The molecule has 1 amide bonds. The van der Waals surface area contributed by atoms with Gasteiger partial charge in [-0.15, -0.1) is 11.6 Å². The largest absolute Gasteiger partial charge is 0.484 e. The lowest BCUT2D eigenvalue weighted by Gasteiger charge is -2.10. The normalized spacial score (nSPS) is 11.9. The molecule has 0 heterocycles. The summed E-state index contributed by atoms with van der Waals surface area (Å²) in [5, 5.41) is 12.3. The van der Waals surface area contributed by atoms with E-state index in [2.05, 4.69) is 5.32 Å². The van der Waals surface area contributed by atoms with Gasteiger partial charge in [0.25, 0.3) is 5.91 Å². The first-order valence-corrected chi connectivity index (χ1v) is 5.64. The molecule has 1 rings (SSSR count). The van der Waals surface area contributed by atoms with Gasteiger partial charge < -0.3 is 20.9 Å². The Kier molecular flexibility index (Phi) is 5.59. The van der Waals surface area contributed by atoms with Crippen LogP contribution >= 0.6 is 11.6 Å². The lowest BCUT2D eigenvalue weighted by atomic mass is 10.3. The Morgan fingerprint density at radius 2 is 2.12 bits per heavy atom. The SMILES string of the molecule is NC(=O)COc1ccc(NCC(O)CCl)cc1. The Morgan fingerprint density at radius 3 is 2.65 bits per heavy atom. The number of hydrogen-bond acceptors (Lipinski definition) is 4. The molecule has 0 radical (unpaired) electrons. The summed E-state index contributed by atoms with van der Waals surface area (Å²) in [5.74, 6) is 0.233. The number of hydrogen-bond donors (Lipinski definition) is 3. The van der Waals surface area contributed by atoms with Crippen molar-refractivity contribution in [3.05, 3.63) is 24.3 Å². The molecule has 0 aromatic heterocycles. The summed E-state index contributed by atoms with van der Waals surface area (Å²) in [5.41, 5.74) is 5.78. The number of benzene rings is 1. The van der Waals surface area contributed by atoms with Gasteiger partial charge in [-0.1, -0.05) is 0 Å². The fraction of sp³-hybridized carbons (Fsp3) is 0.364. The quantitative estimate of drug-likeness (QED) is 0.624. The summed E-state index contributed by atoms with van der Waals surface area (Å²) < 4.78 is 5.10. The molecule has 5 nitrogen and oxygen atoms in total. The molecule has 0 aliphatic rings. The molecule has 6 heteroatoms. The Balaban J connectivity index is 2.41. The van der Waals surface area contributed by atoms with Crippen molar-refractivity contribution in [2.45, 2.75) is 6.10 Å². The number of anilines is 1. The van der Waals surface area contributed by atoms with Crippen LogP contribution in [0.15, 0.2) is 24.3 Å². The van der Waals surface area contributed by atoms with Crippen molar-refractivity contribution >= 4 is 23.2 Å². The van der Waals surface area contributed by atoms with Crippen LogP contribution in [0.4, 0.5) is 5.69 Å². The van der Waals surface area contributed by atoms with Gasteiger partial charge >= 0.3 is 0 Å². The molecule has 94 valence electrons. The summed E-state index contributed by atoms with van der Waals surface area (Å²) >= 11 is 5.46. The maximum Gasteiger partial charge on any atom is 0.255 e. The van der Waals surface area contributed by atoms with Gasteiger partial charge in [0.15, 0.2) is 6.61 Å². The van der Waals surface area contributed by atoms with Crippen molar-refractivity contribution in [3.8, 4) is 5.75 Å². The van der Waals surface area contributed by atoms with Crippen molar-refractivity contribution in [2.75, 3.05) is 24.3 Å². The first kappa shape index (κ1) is 13.6. The minimum absolute atomic E-state index is 0.141. The number of halogens is 1. The molecular formula is C11H15ClN2O3. The van der Waals surface area contributed by atoms with Crippen LogP contribution in [0.3, 0.4) is 0 Å². The predicted octanol–water partition coefficient (Wildman–Crippen LogP) is 0.562. The highest BCUT2D eigenvalue weighted by Crippen LogP contribution is 2.15. The minimum atomic E-state index is -0.581. The molecule has 4 N–H and O–H groups in total. The van der Waals surface area contributed by atoms with Crippen molar-refractivity contribution < 1.29 is 14.6 Å². The average molecular weight is 259 g/mol. The lowest BCUT2D eigenvalue weighted by Crippen LogP contribution is -2.21. The van der Waals surface area contributed by atoms with E-state index in [-0.39, 0.29) is 12.5 Å². The third-order valence-electron chi connectivity index (χ3n) is 1.96. The van der Waals surface area contributed by atoms with E-state index < -0.39 is 12.0 Å². The van der Waals surface area contributed by atoms with Crippen LogP contribution in [0.1, 0.15) is 0 Å². The topological polar surface area (TPSA) is 84.6 Å². The molecule has 0 fully saturated rings. The number of aliphatic hydroxyl groups is 1. The van der Waals surface area contributed by atoms with Crippen LogP contribution in [0, 0.1) is 0 Å². The van der Waals surface area contributed by atoms with E-state index in [1.54, 1.807) is 24.3 Å². The fourth-order valence-corrected chi connectivity index (χ4v) is 1.22. The summed E-state index contributed by atoms with van der Waals surface area (Å²) in [6.45, 7) is 0.239. The number of carbonyl (C=O) groups is 1. The lowest BCUT2D eigenvalue weighted by molar-refractivity contribution is -0.119. The Hall–Kier alpha value is -1.46. The van der Waals surface area contributed by atoms with E-state index in [0.29, 0.717) is 12.3 Å². The summed E-state index contributed by atoms with van der Waals surface area (Å²) in [6.07, 6.45) is -0.581. The number of rotatable bonds is 7. The second-order valence-electron chi connectivity index (χ2n) is 3.47. The highest BCUT2D eigenvalue weighted by Gasteiger charge is 2.02. The van der Waals surface area contributed by atoms with Gasteiger partial charge in [0, 0.05) is 12.2 Å². The number of ether oxygens (including phenoxy) is 1. The van der Waals surface area contributed by atoms with Gasteiger partial charge in [-0.3, -0.25) is 4.79 Å². The van der Waals surface area contributed by atoms with Crippen LogP contribution in [0.25, 0.3) is 0 Å². The van der Waals surface area contributed by atoms with Crippen molar-refractivity contribution in [1.29, 1.82) is 0 Å². The molecule has 0 spiro atoms. The minimum Gasteiger partial charge on any atom is -0.484 e. The predicted molar refractivity (Wildman–Crippen MR) is 66.3 cm³/mol. The highest BCUT2D eigenvalue weighted by molar-refractivity contribution is 6.18. The zero-order chi connectivity index (χ0) is 12.7. The zero-order valence-electron chi connectivity index (χ0n) is 9.23. The molecular weight excluding hydrogens is 244 g/mol. The zero-order valence-corrected chi connectivity index (χ0v) is 9.98. The monoisotopic (exact) mass is 258 g/mol. The number of alkyl halides is 1. The van der Waals surface area contributed by atoms with E-state index >= 15 is 0 Å².